The Labute approximate surface area is 145 Å². The van der Waals surface area contributed by atoms with E-state index in [-0.39, 0.29) is 11.8 Å². The molecule has 0 saturated heterocycles. The lowest BCUT2D eigenvalue weighted by atomic mass is 9.65. The number of rotatable bonds is 5. The summed E-state index contributed by atoms with van der Waals surface area (Å²) in [4.78, 5) is 14.8. The van der Waals surface area contributed by atoms with E-state index in [1.807, 2.05) is 43.1 Å². The molecular weight excluding hydrogens is 300 g/mol. The first kappa shape index (κ1) is 17.3. The number of benzene rings is 1. The van der Waals surface area contributed by atoms with E-state index in [1.165, 1.54) is 19.3 Å². The quantitative estimate of drug-likeness (QED) is 0.902. The Hall–Kier alpha value is -1.55. The first-order valence-electron chi connectivity index (χ1n) is 9.30. The summed E-state index contributed by atoms with van der Waals surface area (Å²) in [5.74, 6) is 2.42. The highest BCUT2D eigenvalue weighted by molar-refractivity contribution is 5.78. The highest BCUT2D eigenvalue weighted by atomic mass is 16.5. The molecule has 2 aliphatic rings. The maximum absolute atomic E-state index is 12.9. The normalized spacial score (nSPS) is 29.1. The van der Waals surface area contributed by atoms with Gasteiger partial charge in [-0.3, -0.25) is 4.79 Å². The third kappa shape index (κ3) is 3.75. The Morgan fingerprint density at radius 2 is 1.83 bits per heavy atom. The van der Waals surface area contributed by atoms with Crippen molar-refractivity contribution in [1.29, 1.82) is 0 Å². The standard InChI is InChI=1S/C20H30N2O2/c1-3-24-18-9-7-14(8-10-18)13-22(2)20(23)17-11-15-5-4-6-16(12-17)19(15)21/h7-10,15-17,19H,3-6,11-13,21H2,1-2H3. The van der Waals surface area contributed by atoms with Crippen molar-refractivity contribution in [2.45, 2.75) is 51.6 Å². The molecule has 2 fully saturated rings. The van der Waals surface area contributed by atoms with Crippen molar-refractivity contribution in [2.75, 3.05) is 13.7 Å². The summed E-state index contributed by atoms with van der Waals surface area (Å²) in [6.07, 6.45) is 5.63. The Balaban J connectivity index is 1.58. The fourth-order valence-corrected chi connectivity index (χ4v) is 4.51. The Morgan fingerprint density at radius 3 is 2.42 bits per heavy atom. The second kappa shape index (κ2) is 7.56. The minimum atomic E-state index is 0.160. The van der Waals surface area contributed by atoms with Crippen LogP contribution in [0.4, 0.5) is 0 Å². The van der Waals surface area contributed by atoms with Gasteiger partial charge in [0.15, 0.2) is 0 Å². The van der Waals surface area contributed by atoms with E-state index < -0.39 is 0 Å². The zero-order valence-electron chi connectivity index (χ0n) is 14.9. The molecule has 24 heavy (non-hydrogen) atoms. The average molecular weight is 330 g/mol. The monoisotopic (exact) mass is 330 g/mol. The molecule has 2 N–H and O–H groups in total. The van der Waals surface area contributed by atoms with E-state index in [4.69, 9.17) is 10.5 Å². The molecule has 2 unspecified atom stereocenters. The predicted molar refractivity (Wildman–Crippen MR) is 95.6 cm³/mol. The molecule has 0 heterocycles. The number of fused-ring (bicyclic) bond motifs is 2. The number of nitrogens with zero attached hydrogens (tertiary/aromatic N) is 1. The minimum Gasteiger partial charge on any atom is -0.494 e. The van der Waals surface area contributed by atoms with Crippen molar-refractivity contribution in [3.05, 3.63) is 29.8 Å². The smallest absolute Gasteiger partial charge is 0.225 e. The van der Waals surface area contributed by atoms with Crippen molar-refractivity contribution in [2.24, 2.45) is 23.5 Å². The minimum absolute atomic E-state index is 0.160. The zero-order valence-corrected chi connectivity index (χ0v) is 14.9. The molecule has 1 aromatic rings. The first-order valence-corrected chi connectivity index (χ1v) is 9.30. The lowest BCUT2D eigenvalue weighted by Gasteiger charge is -2.44. The van der Waals surface area contributed by atoms with Gasteiger partial charge in [-0.25, -0.2) is 0 Å². The van der Waals surface area contributed by atoms with Crippen LogP contribution in [0.25, 0.3) is 0 Å². The molecule has 0 radical (unpaired) electrons. The molecule has 2 bridgehead atoms. The molecule has 0 aromatic heterocycles. The van der Waals surface area contributed by atoms with E-state index in [0.29, 0.717) is 31.0 Å². The van der Waals surface area contributed by atoms with Gasteiger partial charge in [0.05, 0.1) is 6.61 Å². The van der Waals surface area contributed by atoms with E-state index in [2.05, 4.69) is 0 Å². The Morgan fingerprint density at radius 1 is 1.21 bits per heavy atom. The number of nitrogens with two attached hydrogens (primary N) is 1. The molecule has 2 aliphatic carbocycles. The summed E-state index contributed by atoms with van der Waals surface area (Å²) in [6, 6.07) is 8.35. The molecule has 132 valence electrons. The van der Waals surface area contributed by atoms with Crippen molar-refractivity contribution in [3.8, 4) is 5.75 Å². The maximum atomic E-state index is 12.9. The van der Waals surface area contributed by atoms with Gasteiger partial charge in [0.1, 0.15) is 5.75 Å². The van der Waals surface area contributed by atoms with Crippen LogP contribution in [-0.4, -0.2) is 30.5 Å². The summed E-state index contributed by atoms with van der Waals surface area (Å²) in [6.45, 7) is 3.30. The third-order valence-electron chi connectivity index (χ3n) is 5.79. The zero-order chi connectivity index (χ0) is 17.1. The van der Waals surface area contributed by atoms with Gasteiger partial charge in [0, 0.05) is 25.6 Å². The van der Waals surface area contributed by atoms with Crippen molar-refractivity contribution >= 4 is 5.91 Å². The van der Waals surface area contributed by atoms with E-state index in [0.717, 1.165) is 24.2 Å². The molecule has 1 aromatic carbocycles. The average Bonchev–Trinajstić information content (AvgIpc) is 2.56. The molecule has 2 saturated carbocycles. The van der Waals surface area contributed by atoms with Crippen LogP contribution in [0.5, 0.6) is 5.75 Å². The molecule has 0 aliphatic heterocycles. The van der Waals surface area contributed by atoms with Crippen molar-refractivity contribution < 1.29 is 9.53 Å². The fraction of sp³-hybridized carbons (Fsp3) is 0.650. The Bertz CT molecular complexity index is 543. The van der Waals surface area contributed by atoms with Gasteiger partial charge in [-0.2, -0.15) is 0 Å². The van der Waals surface area contributed by atoms with Crippen LogP contribution >= 0.6 is 0 Å². The van der Waals surface area contributed by atoms with Gasteiger partial charge in [-0.1, -0.05) is 18.6 Å². The summed E-state index contributed by atoms with van der Waals surface area (Å²) in [7, 11) is 1.92. The van der Waals surface area contributed by atoms with Crippen LogP contribution in [0.15, 0.2) is 24.3 Å². The first-order chi connectivity index (χ1) is 11.6. The second-order valence-electron chi connectivity index (χ2n) is 7.47. The number of carbonyl (C=O) groups excluding carboxylic acids is 1. The summed E-state index contributed by atoms with van der Waals surface area (Å²) < 4.78 is 5.47. The number of hydrogen-bond acceptors (Lipinski definition) is 3. The van der Waals surface area contributed by atoms with Crippen LogP contribution in [0.3, 0.4) is 0 Å². The number of amides is 1. The topological polar surface area (TPSA) is 55.6 Å². The predicted octanol–water partition coefficient (Wildman–Crippen LogP) is 3.20. The van der Waals surface area contributed by atoms with Crippen LogP contribution < -0.4 is 10.5 Å². The fourth-order valence-electron chi connectivity index (χ4n) is 4.51. The number of hydrogen-bond donors (Lipinski definition) is 1. The molecule has 2 atom stereocenters. The van der Waals surface area contributed by atoms with Gasteiger partial charge in [-0.05, 0) is 62.1 Å². The van der Waals surface area contributed by atoms with E-state index in [9.17, 15) is 4.79 Å². The van der Waals surface area contributed by atoms with Crippen molar-refractivity contribution in [3.63, 3.8) is 0 Å². The van der Waals surface area contributed by atoms with Crippen LogP contribution in [0, 0.1) is 17.8 Å². The van der Waals surface area contributed by atoms with Gasteiger partial charge < -0.3 is 15.4 Å². The van der Waals surface area contributed by atoms with Crippen LogP contribution in [-0.2, 0) is 11.3 Å². The van der Waals surface area contributed by atoms with Gasteiger partial charge in [0.2, 0.25) is 5.91 Å². The molecule has 4 nitrogen and oxygen atoms in total. The lowest BCUT2D eigenvalue weighted by molar-refractivity contribution is -0.137. The third-order valence-corrected chi connectivity index (χ3v) is 5.79. The number of carbonyl (C=O) groups is 1. The molecule has 4 heteroatoms. The summed E-state index contributed by atoms with van der Waals surface area (Å²) in [5, 5.41) is 0. The van der Waals surface area contributed by atoms with Gasteiger partial charge >= 0.3 is 0 Å². The van der Waals surface area contributed by atoms with E-state index >= 15 is 0 Å². The Kier molecular flexibility index (Phi) is 5.44. The molecule has 3 rings (SSSR count). The maximum Gasteiger partial charge on any atom is 0.225 e. The molecular formula is C20H30N2O2. The molecule has 1 amide bonds. The van der Waals surface area contributed by atoms with Crippen molar-refractivity contribution in [1.82, 2.24) is 4.90 Å². The number of ether oxygens (including phenoxy) is 1. The van der Waals surface area contributed by atoms with Crippen LogP contribution in [0.1, 0.15) is 44.6 Å². The van der Waals surface area contributed by atoms with Gasteiger partial charge in [0.25, 0.3) is 0 Å². The molecule has 0 spiro atoms. The van der Waals surface area contributed by atoms with E-state index in [1.54, 1.807) is 0 Å². The second-order valence-corrected chi connectivity index (χ2v) is 7.47. The summed E-state index contributed by atoms with van der Waals surface area (Å²) >= 11 is 0. The largest absolute Gasteiger partial charge is 0.494 e. The van der Waals surface area contributed by atoms with Crippen LogP contribution in [0.2, 0.25) is 0 Å². The summed E-state index contributed by atoms with van der Waals surface area (Å²) in [5.41, 5.74) is 7.49. The van der Waals surface area contributed by atoms with Gasteiger partial charge in [-0.15, -0.1) is 0 Å². The lowest BCUT2D eigenvalue weighted by Crippen LogP contribution is -2.49. The highest BCUT2D eigenvalue weighted by Crippen LogP contribution is 2.42. The highest BCUT2D eigenvalue weighted by Gasteiger charge is 2.41. The SMILES string of the molecule is CCOc1ccc(CN(C)C(=O)C2CC3CCCC(C2)C3N)cc1.